The molecule has 0 aliphatic carbocycles. The Bertz CT molecular complexity index is 980. The number of rotatable bonds is 8. The number of hydrogen-bond acceptors (Lipinski definition) is 6. The molecule has 1 heterocycles. The molecule has 0 saturated heterocycles. The van der Waals surface area contributed by atoms with E-state index in [4.69, 9.17) is 14.2 Å². The fourth-order valence-electron chi connectivity index (χ4n) is 3.28. The van der Waals surface area contributed by atoms with E-state index in [1.165, 1.54) is 12.0 Å². The van der Waals surface area contributed by atoms with Gasteiger partial charge in [-0.3, -0.25) is 14.5 Å². The second-order valence-corrected chi connectivity index (χ2v) is 7.28. The molecular formula is C23H26N2O5. The van der Waals surface area contributed by atoms with E-state index in [0.29, 0.717) is 40.6 Å². The monoisotopic (exact) mass is 410 g/mol. The zero-order chi connectivity index (χ0) is 21.8. The Labute approximate surface area is 176 Å². The van der Waals surface area contributed by atoms with Crippen LogP contribution in [-0.2, 0) is 9.59 Å². The van der Waals surface area contributed by atoms with Gasteiger partial charge in [-0.2, -0.15) is 0 Å². The predicted octanol–water partition coefficient (Wildman–Crippen LogP) is 3.56. The van der Waals surface area contributed by atoms with Crippen LogP contribution in [0.4, 0.5) is 5.69 Å². The highest BCUT2D eigenvalue weighted by Gasteiger charge is 2.39. The zero-order valence-corrected chi connectivity index (χ0v) is 17.8. The Hall–Kier alpha value is -3.48. The van der Waals surface area contributed by atoms with E-state index >= 15 is 0 Å². The molecule has 0 fully saturated rings. The fraction of sp³-hybridized carbons (Fsp3) is 0.304. The van der Waals surface area contributed by atoms with Crippen molar-refractivity contribution in [3.63, 3.8) is 0 Å². The standard InChI is InChI=1S/C23H26N2O5/c1-14(2)13-25-22(26)20(15-6-8-16(28-3)9-7-15)21(23(25)27)24-18-11-10-17(29-4)12-19(18)30-5/h6-12,14,24H,13H2,1-5H3. The molecular weight excluding hydrogens is 384 g/mol. The number of nitrogens with one attached hydrogen (secondary N) is 1. The number of ether oxygens (including phenoxy) is 3. The van der Waals surface area contributed by atoms with Crippen LogP contribution in [0.1, 0.15) is 19.4 Å². The molecule has 7 heteroatoms. The highest BCUT2D eigenvalue weighted by molar-refractivity contribution is 6.36. The molecule has 2 aromatic carbocycles. The molecule has 0 unspecified atom stereocenters. The number of carbonyl (C=O) groups is 2. The minimum absolute atomic E-state index is 0.143. The Morgan fingerprint density at radius 3 is 2.07 bits per heavy atom. The second-order valence-electron chi connectivity index (χ2n) is 7.28. The molecule has 1 N–H and O–H groups in total. The molecule has 2 amide bonds. The number of benzene rings is 2. The Balaban J connectivity index is 2.08. The summed E-state index contributed by atoms with van der Waals surface area (Å²) in [5.74, 6) is 1.24. The smallest absolute Gasteiger partial charge is 0.278 e. The van der Waals surface area contributed by atoms with Crippen LogP contribution in [0.15, 0.2) is 48.2 Å². The number of carbonyl (C=O) groups excluding carboxylic acids is 2. The minimum atomic E-state index is -0.364. The first-order chi connectivity index (χ1) is 14.4. The van der Waals surface area contributed by atoms with Gasteiger partial charge in [0.1, 0.15) is 22.9 Å². The van der Waals surface area contributed by atoms with E-state index in [1.807, 2.05) is 13.8 Å². The van der Waals surface area contributed by atoms with Gasteiger partial charge in [-0.25, -0.2) is 0 Å². The van der Waals surface area contributed by atoms with Crippen molar-refractivity contribution in [1.82, 2.24) is 4.90 Å². The highest BCUT2D eigenvalue weighted by Crippen LogP contribution is 2.35. The van der Waals surface area contributed by atoms with Gasteiger partial charge in [0.25, 0.3) is 11.8 Å². The van der Waals surface area contributed by atoms with Gasteiger partial charge in [0, 0.05) is 12.6 Å². The quantitative estimate of drug-likeness (QED) is 0.671. The van der Waals surface area contributed by atoms with Gasteiger partial charge in [0.05, 0.1) is 32.6 Å². The number of hydrogen-bond donors (Lipinski definition) is 1. The van der Waals surface area contributed by atoms with Crippen LogP contribution in [-0.4, -0.2) is 44.6 Å². The maximum absolute atomic E-state index is 13.2. The number of anilines is 1. The van der Waals surface area contributed by atoms with Gasteiger partial charge >= 0.3 is 0 Å². The van der Waals surface area contributed by atoms with Crippen molar-refractivity contribution in [1.29, 1.82) is 0 Å². The van der Waals surface area contributed by atoms with Crippen LogP contribution in [0.3, 0.4) is 0 Å². The van der Waals surface area contributed by atoms with Gasteiger partial charge < -0.3 is 19.5 Å². The summed E-state index contributed by atoms with van der Waals surface area (Å²) in [7, 11) is 4.67. The van der Waals surface area contributed by atoms with Gasteiger partial charge in [0.15, 0.2) is 0 Å². The summed E-state index contributed by atoms with van der Waals surface area (Å²) < 4.78 is 15.9. The van der Waals surface area contributed by atoms with Crippen LogP contribution in [0.25, 0.3) is 5.57 Å². The van der Waals surface area contributed by atoms with Crippen molar-refractivity contribution < 1.29 is 23.8 Å². The summed E-state index contributed by atoms with van der Waals surface area (Å²) >= 11 is 0. The summed E-state index contributed by atoms with van der Waals surface area (Å²) in [4.78, 5) is 27.6. The lowest BCUT2D eigenvalue weighted by molar-refractivity contribution is -0.137. The molecule has 0 spiro atoms. The Kier molecular flexibility index (Phi) is 6.30. The van der Waals surface area contributed by atoms with Gasteiger partial charge in [-0.05, 0) is 35.7 Å². The maximum atomic E-state index is 13.2. The zero-order valence-electron chi connectivity index (χ0n) is 17.8. The molecule has 0 bridgehead atoms. The van der Waals surface area contributed by atoms with E-state index < -0.39 is 0 Å². The van der Waals surface area contributed by atoms with Crippen molar-refractivity contribution in [3.05, 3.63) is 53.7 Å². The average molecular weight is 410 g/mol. The Morgan fingerprint density at radius 2 is 1.50 bits per heavy atom. The van der Waals surface area contributed by atoms with Crippen molar-refractivity contribution in [2.24, 2.45) is 5.92 Å². The van der Waals surface area contributed by atoms with Crippen LogP contribution in [0.5, 0.6) is 17.2 Å². The third-order valence-corrected chi connectivity index (χ3v) is 4.76. The summed E-state index contributed by atoms with van der Waals surface area (Å²) in [5.41, 5.74) is 1.73. The molecule has 0 aromatic heterocycles. The van der Waals surface area contributed by atoms with E-state index in [-0.39, 0.29) is 23.4 Å². The molecule has 3 rings (SSSR count). The molecule has 0 atom stereocenters. The van der Waals surface area contributed by atoms with Gasteiger partial charge in [0.2, 0.25) is 0 Å². The topological polar surface area (TPSA) is 77.1 Å². The van der Waals surface area contributed by atoms with E-state index in [9.17, 15) is 9.59 Å². The molecule has 0 saturated carbocycles. The van der Waals surface area contributed by atoms with Crippen molar-refractivity contribution >= 4 is 23.1 Å². The van der Waals surface area contributed by atoms with E-state index in [0.717, 1.165) is 0 Å². The third kappa shape index (κ3) is 4.10. The fourth-order valence-corrected chi connectivity index (χ4v) is 3.28. The summed E-state index contributed by atoms with van der Waals surface area (Å²) in [6.07, 6.45) is 0. The predicted molar refractivity (Wildman–Crippen MR) is 115 cm³/mol. The van der Waals surface area contributed by atoms with E-state index in [2.05, 4.69) is 5.32 Å². The largest absolute Gasteiger partial charge is 0.497 e. The summed E-state index contributed by atoms with van der Waals surface area (Å²) in [5, 5.41) is 3.13. The third-order valence-electron chi connectivity index (χ3n) is 4.76. The maximum Gasteiger partial charge on any atom is 0.278 e. The number of methoxy groups -OCH3 is 3. The van der Waals surface area contributed by atoms with Crippen LogP contribution in [0.2, 0.25) is 0 Å². The van der Waals surface area contributed by atoms with Crippen molar-refractivity contribution in [2.45, 2.75) is 13.8 Å². The molecule has 2 aromatic rings. The molecule has 30 heavy (non-hydrogen) atoms. The first-order valence-electron chi connectivity index (χ1n) is 9.63. The second kappa shape index (κ2) is 8.90. The normalized spacial score (nSPS) is 13.9. The summed E-state index contributed by atoms with van der Waals surface area (Å²) in [6, 6.07) is 12.3. The lowest BCUT2D eigenvalue weighted by Crippen LogP contribution is -2.35. The van der Waals surface area contributed by atoms with Gasteiger partial charge in [-0.15, -0.1) is 0 Å². The highest BCUT2D eigenvalue weighted by atomic mass is 16.5. The van der Waals surface area contributed by atoms with Crippen LogP contribution in [0, 0.1) is 5.92 Å². The summed E-state index contributed by atoms with van der Waals surface area (Å²) in [6.45, 7) is 4.26. The lowest BCUT2D eigenvalue weighted by atomic mass is 10.0. The minimum Gasteiger partial charge on any atom is -0.497 e. The van der Waals surface area contributed by atoms with Crippen molar-refractivity contribution in [3.8, 4) is 17.2 Å². The molecule has 7 nitrogen and oxygen atoms in total. The van der Waals surface area contributed by atoms with Crippen LogP contribution >= 0.6 is 0 Å². The number of imide groups is 1. The number of amides is 2. The SMILES string of the molecule is COc1ccc(C2=C(Nc3ccc(OC)cc3OC)C(=O)N(CC(C)C)C2=O)cc1. The van der Waals surface area contributed by atoms with E-state index in [1.54, 1.807) is 56.7 Å². The van der Waals surface area contributed by atoms with Gasteiger partial charge in [-0.1, -0.05) is 26.0 Å². The molecule has 158 valence electrons. The average Bonchev–Trinajstić information content (AvgIpc) is 2.98. The molecule has 1 aliphatic heterocycles. The molecule has 0 radical (unpaired) electrons. The first kappa shape index (κ1) is 21.2. The van der Waals surface area contributed by atoms with Crippen molar-refractivity contribution in [2.75, 3.05) is 33.2 Å². The lowest BCUT2D eigenvalue weighted by Gasteiger charge is -2.18. The molecule has 1 aliphatic rings. The number of nitrogens with zero attached hydrogens (tertiary/aromatic N) is 1. The first-order valence-corrected chi connectivity index (χ1v) is 9.63. The van der Waals surface area contributed by atoms with Crippen LogP contribution < -0.4 is 19.5 Å². The Morgan fingerprint density at radius 1 is 0.867 bits per heavy atom.